The summed E-state index contributed by atoms with van der Waals surface area (Å²) in [5.41, 5.74) is 0.377. The monoisotopic (exact) mass is 277 g/mol. The zero-order chi connectivity index (χ0) is 14.1. The molecule has 0 radical (unpaired) electrons. The molecule has 20 heavy (non-hydrogen) atoms. The molecule has 104 valence electrons. The number of halogens is 2. The van der Waals surface area contributed by atoms with E-state index >= 15 is 0 Å². The second-order valence-electron chi connectivity index (χ2n) is 4.57. The Bertz CT molecular complexity index is 664. The smallest absolute Gasteiger partial charge is 0.280 e. The van der Waals surface area contributed by atoms with Gasteiger partial charge in [0.25, 0.3) is 12.2 Å². The van der Waals surface area contributed by atoms with E-state index in [1.807, 2.05) is 12.3 Å². The van der Waals surface area contributed by atoms with Gasteiger partial charge in [0.1, 0.15) is 12.0 Å². The molecule has 0 amide bonds. The molecule has 2 aromatic rings. The number of hydrogen-bond acceptors (Lipinski definition) is 4. The van der Waals surface area contributed by atoms with Crippen LogP contribution in [-0.4, -0.2) is 26.1 Å². The molecule has 1 aliphatic heterocycles. The first-order valence-electron chi connectivity index (χ1n) is 6.22. The highest BCUT2D eigenvalue weighted by atomic mass is 19.3. The first kappa shape index (κ1) is 12.7. The highest BCUT2D eigenvalue weighted by Crippen LogP contribution is 2.30. The predicted octanol–water partition coefficient (Wildman–Crippen LogP) is 2.06. The molecule has 0 spiro atoms. The molecule has 1 aliphatic rings. The lowest BCUT2D eigenvalue weighted by atomic mass is 9.87. The minimum Gasteiger partial charge on any atom is -0.390 e. The molecule has 1 N–H and O–H groups in total. The molecular formula is C13H13F2N5. The maximum Gasteiger partial charge on any atom is 0.280 e. The molecule has 0 saturated carbocycles. The van der Waals surface area contributed by atoms with Crippen LogP contribution in [0.3, 0.4) is 0 Å². The number of rotatable bonds is 3. The van der Waals surface area contributed by atoms with E-state index in [1.54, 1.807) is 6.08 Å². The van der Waals surface area contributed by atoms with E-state index in [4.69, 9.17) is 0 Å². The van der Waals surface area contributed by atoms with Gasteiger partial charge < -0.3 is 5.32 Å². The summed E-state index contributed by atoms with van der Waals surface area (Å²) >= 11 is 0. The van der Waals surface area contributed by atoms with Crippen molar-refractivity contribution in [3.63, 3.8) is 0 Å². The van der Waals surface area contributed by atoms with Gasteiger partial charge in [-0.25, -0.2) is 18.3 Å². The zero-order valence-electron chi connectivity index (χ0n) is 10.6. The Morgan fingerprint density at radius 2 is 2.35 bits per heavy atom. The number of fused-ring (bicyclic) bond motifs is 1. The minimum atomic E-state index is -2.63. The van der Waals surface area contributed by atoms with E-state index in [-0.39, 0.29) is 23.3 Å². The fraction of sp³-hybridized carbons (Fsp3) is 0.308. The third-order valence-electron chi connectivity index (χ3n) is 3.41. The van der Waals surface area contributed by atoms with Gasteiger partial charge in [-0.2, -0.15) is 10.1 Å². The zero-order valence-corrected chi connectivity index (χ0v) is 10.6. The van der Waals surface area contributed by atoms with E-state index < -0.39 is 6.43 Å². The third-order valence-corrected chi connectivity index (χ3v) is 3.41. The minimum absolute atomic E-state index is 0.0396. The van der Waals surface area contributed by atoms with Crippen molar-refractivity contribution in [2.75, 3.05) is 6.54 Å². The topological polar surface area (TPSA) is 55.1 Å². The van der Waals surface area contributed by atoms with Gasteiger partial charge in [-0.1, -0.05) is 12.2 Å². The third kappa shape index (κ3) is 2.04. The molecule has 0 aliphatic carbocycles. The van der Waals surface area contributed by atoms with Crippen LogP contribution in [0, 0.1) is 5.92 Å². The van der Waals surface area contributed by atoms with Crippen LogP contribution in [0.15, 0.2) is 37.3 Å². The van der Waals surface area contributed by atoms with Crippen molar-refractivity contribution in [3.05, 3.63) is 48.7 Å². The van der Waals surface area contributed by atoms with Crippen LogP contribution in [0.1, 0.15) is 23.7 Å². The summed E-state index contributed by atoms with van der Waals surface area (Å²) in [5.74, 6) is 0.203. The van der Waals surface area contributed by atoms with Gasteiger partial charge in [0.2, 0.25) is 0 Å². The van der Waals surface area contributed by atoms with Gasteiger partial charge in [-0.3, -0.25) is 0 Å². The van der Waals surface area contributed by atoms with Crippen molar-refractivity contribution < 1.29 is 8.78 Å². The molecule has 0 unspecified atom stereocenters. The van der Waals surface area contributed by atoms with Crippen molar-refractivity contribution >= 4 is 5.78 Å². The van der Waals surface area contributed by atoms with Crippen molar-refractivity contribution in [3.8, 4) is 0 Å². The Morgan fingerprint density at radius 3 is 3.10 bits per heavy atom. The van der Waals surface area contributed by atoms with Crippen LogP contribution in [0.25, 0.3) is 5.78 Å². The number of allylic oxidation sites excluding steroid dienone is 2. The average molecular weight is 277 g/mol. The molecule has 2 aromatic heterocycles. The molecule has 3 heterocycles. The average Bonchev–Trinajstić information content (AvgIpc) is 2.94. The normalized spacial score (nSPS) is 22.1. The Hall–Kier alpha value is -2.31. The van der Waals surface area contributed by atoms with Crippen LogP contribution < -0.4 is 5.32 Å². The fourth-order valence-electron chi connectivity index (χ4n) is 2.42. The van der Waals surface area contributed by atoms with E-state index in [1.165, 1.54) is 16.9 Å². The Labute approximate surface area is 114 Å². The van der Waals surface area contributed by atoms with Crippen molar-refractivity contribution in [2.24, 2.45) is 5.92 Å². The van der Waals surface area contributed by atoms with E-state index in [2.05, 4.69) is 27.0 Å². The lowest BCUT2D eigenvalue weighted by Crippen LogP contribution is -2.28. The summed E-state index contributed by atoms with van der Waals surface area (Å²) in [6.07, 6.45) is 4.27. The van der Waals surface area contributed by atoms with Crippen LogP contribution >= 0.6 is 0 Å². The van der Waals surface area contributed by atoms with Crippen LogP contribution in [0.4, 0.5) is 8.78 Å². The van der Waals surface area contributed by atoms with Gasteiger partial charge >= 0.3 is 0 Å². The predicted molar refractivity (Wildman–Crippen MR) is 69.3 cm³/mol. The SMILES string of the molecule is C=C[C@@H]1C=CNC[C@H]1c1cc(C(F)F)nc2ncnn12. The van der Waals surface area contributed by atoms with Crippen molar-refractivity contribution in [2.45, 2.75) is 12.3 Å². The van der Waals surface area contributed by atoms with Gasteiger partial charge in [-0.05, 0) is 12.3 Å². The van der Waals surface area contributed by atoms with Gasteiger partial charge in [0.15, 0.2) is 0 Å². The van der Waals surface area contributed by atoms with E-state index in [0.29, 0.717) is 12.2 Å². The molecular weight excluding hydrogens is 264 g/mol. The number of aromatic nitrogens is 4. The molecule has 0 fully saturated rings. The van der Waals surface area contributed by atoms with Crippen LogP contribution in [0.5, 0.6) is 0 Å². The molecule has 3 rings (SSSR count). The Kier molecular flexibility index (Phi) is 3.17. The summed E-state index contributed by atoms with van der Waals surface area (Å²) in [4.78, 5) is 7.73. The molecule has 2 atom stereocenters. The molecule has 7 heteroatoms. The van der Waals surface area contributed by atoms with E-state index in [9.17, 15) is 8.78 Å². The fourth-order valence-corrected chi connectivity index (χ4v) is 2.42. The Morgan fingerprint density at radius 1 is 1.50 bits per heavy atom. The first-order chi connectivity index (χ1) is 9.70. The standard InChI is InChI=1S/C13H13F2N5/c1-2-8-3-4-16-6-9(8)11-5-10(12(14)15)19-13-17-7-18-20(11)13/h2-5,7-9,12,16H,1,6H2/t8-,9-/m1/s1. The quantitative estimate of drug-likeness (QED) is 0.873. The van der Waals surface area contributed by atoms with Crippen LogP contribution in [0.2, 0.25) is 0 Å². The lowest BCUT2D eigenvalue weighted by Gasteiger charge is -2.26. The maximum atomic E-state index is 13.0. The maximum absolute atomic E-state index is 13.0. The van der Waals surface area contributed by atoms with Crippen LogP contribution in [-0.2, 0) is 0 Å². The summed E-state index contributed by atoms with van der Waals surface area (Å²) in [7, 11) is 0. The number of nitrogens with zero attached hydrogens (tertiary/aromatic N) is 4. The highest BCUT2D eigenvalue weighted by molar-refractivity contribution is 5.34. The molecule has 0 bridgehead atoms. The van der Waals surface area contributed by atoms with Gasteiger partial charge in [-0.15, -0.1) is 6.58 Å². The Balaban J connectivity index is 2.16. The number of hydrogen-bond donors (Lipinski definition) is 1. The molecule has 5 nitrogen and oxygen atoms in total. The second kappa shape index (κ2) is 4.99. The molecule has 0 aromatic carbocycles. The number of nitrogens with one attached hydrogen (secondary N) is 1. The summed E-state index contributed by atoms with van der Waals surface area (Å²) in [5, 5.41) is 7.18. The second-order valence-corrected chi connectivity index (χ2v) is 4.57. The van der Waals surface area contributed by atoms with Gasteiger partial charge in [0.05, 0.1) is 5.69 Å². The lowest BCUT2D eigenvalue weighted by molar-refractivity contribution is 0.146. The largest absolute Gasteiger partial charge is 0.390 e. The van der Waals surface area contributed by atoms with Gasteiger partial charge in [0, 0.05) is 18.4 Å². The summed E-state index contributed by atoms with van der Waals surface area (Å²) in [6, 6.07) is 1.40. The summed E-state index contributed by atoms with van der Waals surface area (Å²) in [6.45, 7) is 4.42. The van der Waals surface area contributed by atoms with Crippen molar-refractivity contribution in [1.82, 2.24) is 24.9 Å². The highest BCUT2D eigenvalue weighted by Gasteiger charge is 2.26. The molecule has 0 saturated heterocycles. The van der Waals surface area contributed by atoms with E-state index in [0.717, 1.165) is 0 Å². The van der Waals surface area contributed by atoms with Crippen molar-refractivity contribution in [1.29, 1.82) is 0 Å². The first-order valence-corrected chi connectivity index (χ1v) is 6.22. The number of alkyl halides is 2. The summed E-state index contributed by atoms with van der Waals surface area (Å²) < 4.78 is 27.4.